The van der Waals surface area contributed by atoms with Gasteiger partial charge in [-0.2, -0.15) is 0 Å². The first-order chi connectivity index (χ1) is 9.31. The molecule has 0 aromatic heterocycles. The van der Waals surface area contributed by atoms with Gasteiger partial charge < -0.3 is 4.74 Å². The van der Waals surface area contributed by atoms with E-state index in [2.05, 4.69) is 35.0 Å². The molecule has 0 atom stereocenters. The van der Waals surface area contributed by atoms with Crippen LogP contribution >= 0.6 is 15.9 Å². The molecule has 0 aliphatic carbocycles. The van der Waals surface area contributed by atoms with Crippen LogP contribution in [0.3, 0.4) is 0 Å². The molecule has 0 aliphatic heterocycles. The second-order valence-electron chi connectivity index (χ2n) is 4.83. The van der Waals surface area contributed by atoms with E-state index in [0.29, 0.717) is 13.0 Å². The van der Waals surface area contributed by atoms with Gasteiger partial charge in [0, 0.05) is 11.8 Å². The lowest BCUT2D eigenvalue weighted by Gasteiger charge is -2.03. The average molecular weight is 333 g/mol. The van der Waals surface area contributed by atoms with Crippen LogP contribution in [0, 0.1) is 0 Å². The molecule has 0 aromatic rings. The zero-order chi connectivity index (χ0) is 14.2. The summed E-state index contributed by atoms with van der Waals surface area (Å²) < 4.78 is 5.18. The minimum absolute atomic E-state index is 0.0394. The van der Waals surface area contributed by atoms with Gasteiger partial charge in [-0.05, 0) is 25.7 Å². The van der Waals surface area contributed by atoms with E-state index in [-0.39, 0.29) is 5.97 Å². The Morgan fingerprint density at radius 1 is 1.00 bits per heavy atom. The fourth-order valence-electron chi connectivity index (χ4n) is 1.76. The number of rotatable bonds is 13. The third-order valence-corrected chi connectivity index (χ3v) is 3.51. The molecule has 3 heteroatoms. The van der Waals surface area contributed by atoms with Crippen molar-refractivity contribution >= 4 is 21.9 Å². The van der Waals surface area contributed by atoms with Crippen molar-refractivity contribution in [2.45, 2.75) is 71.1 Å². The lowest BCUT2D eigenvalue weighted by atomic mass is 10.1. The van der Waals surface area contributed by atoms with Crippen LogP contribution in [0.4, 0.5) is 0 Å². The predicted octanol–water partition coefficient (Wildman–Crippen LogP) is 5.40. The van der Waals surface area contributed by atoms with Gasteiger partial charge in [-0.1, -0.05) is 67.1 Å². The summed E-state index contributed by atoms with van der Waals surface area (Å²) in [5.74, 6) is -0.0394. The van der Waals surface area contributed by atoms with Crippen molar-refractivity contribution in [3.8, 4) is 0 Å². The van der Waals surface area contributed by atoms with Gasteiger partial charge in [0.2, 0.25) is 0 Å². The first kappa shape index (κ1) is 18.7. The highest BCUT2D eigenvalue weighted by Crippen LogP contribution is 2.07. The van der Waals surface area contributed by atoms with E-state index >= 15 is 0 Å². The smallest absolute Gasteiger partial charge is 0.305 e. The van der Waals surface area contributed by atoms with Gasteiger partial charge in [-0.25, -0.2) is 0 Å². The van der Waals surface area contributed by atoms with Crippen LogP contribution in [0.15, 0.2) is 12.2 Å². The Kier molecular flexibility index (Phi) is 15.5. The summed E-state index contributed by atoms with van der Waals surface area (Å²) in [7, 11) is 0. The highest BCUT2D eigenvalue weighted by Gasteiger charge is 2.01. The van der Waals surface area contributed by atoms with E-state index in [4.69, 9.17) is 4.74 Å². The first-order valence-corrected chi connectivity index (χ1v) is 8.80. The second-order valence-corrected chi connectivity index (χ2v) is 5.62. The fraction of sp³-hybridized carbons (Fsp3) is 0.812. The van der Waals surface area contributed by atoms with Gasteiger partial charge in [0.15, 0.2) is 0 Å². The van der Waals surface area contributed by atoms with Gasteiger partial charge in [0.25, 0.3) is 0 Å². The van der Waals surface area contributed by atoms with E-state index in [0.717, 1.165) is 31.0 Å². The van der Waals surface area contributed by atoms with Crippen molar-refractivity contribution in [1.29, 1.82) is 0 Å². The SMILES string of the molecule is CCCCC=CCCOC(=O)CCCCCCCBr. The Balaban J connectivity index is 3.23. The Hall–Kier alpha value is -0.310. The minimum Gasteiger partial charge on any atom is -0.465 e. The van der Waals surface area contributed by atoms with Crippen molar-refractivity contribution in [2.24, 2.45) is 0 Å². The van der Waals surface area contributed by atoms with Crippen molar-refractivity contribution in [3.05, 3.63) is 12.2 Å². The molecule has 2 nitrogen and oxygen atoms in total. The number of hydrogen-bond acceptors (Lipinski definition) is 2. The molecule has 0 aliphatic rings. The van der Waals surface area contributed by atoms with Crippen molar-refractivity contribution in [1.82, 2.24) is 0 Å². The number of unbranched alkanes of at least 4 members (excludes halogenated alkanes) is 6. The number of esters is 1. The van der Waals surface area contributed by atoms with Crippen molar-refractivity contribution < 1.29 is 9.53 Å². The minimum atomic E-state index is -0.0394. The molecule has 0 bridgehead atoms. The highest BCUT2D eigenvalue weighted by molar-refractivity contribution is 9.09. The number of allylic oxidation sites excluding steroid dienone is 1. The molecule has 0 aromatic carbocycles. The van der Waals surface area contributed by atoms with Crippen LogP contribution in [-0.4, -0.2) is 17.9 Å². The molecule has 0 spiro atoms. The maximum atomic E-state index is 11.4. The Bertz CT molecular complexity index is 227. The predicted molar refractivity (Wildman–Crippen MR) is 85.7 cm³/mol. The third kappa shape index (κ3) is 15.6. The van der Waals surface area contributed by atoms with Crippen LogP contribution in [-0.2, 0) is 9.53 Å². The lowest BCUT2D eigenvalue weighted by Crippen LogP contribution is -2.04. The van der Waals surface area contributed by atoms with Crippen molar-refractivity contribution in [2.75, 3.05) is 11.9 Å². The average Bonchev–Trinajstić information content (AvgIpc) is 2.41. The number of carbonyl (C=O) groups is 1. The molecule has 112 valence electrons. The molecular weight excluding hydrogens is 304 g/mol. The largest absolute Gasteiger partial charge is 0.465 e. The van der Waals surface area contributed by atoms with Crippen LogP contribution in [0.1, 0.15) is 71.1 Å². The Labute approximate surface area is 127 Å². The Morgan fingerprint density at radius 2 is 1.68 bits per heavy atom. The Morgan fingerprint density at radius 3 is 2.42 bits per heavy atom. The summed E-state index contributed by atoms with van der Waals surface area (Å²) in [6.07, 6.45) is 15.1. The number of ether oxygens (including phenoxy) is 1. The molecule has 0 heterocycles. The summed E-state index contributed by atoms with van der Waals surface area (Å²) in [6, 6.07) is 0. The van der Waals surface area contributed by atoms with Crippen molar-refractivity contribution in [3.63, 3.8) is 0 Å². The molecule has 0 saturated heterocycles. The second kappa shape index (κ2) is 15.7. The van der Waals surface area contributed by atoms with Crippen LogP contribution in [0.5, 0.6) is 0 Å². The van der Waals surface area contributed by atoms with Gasteiger partial charge in [0.05, 0.1) is 6.61 Å². The molecular formula is C16H29BrO2. The maximum Gasteiger partial charge on any atom is 0.305 e. The maximum absolute atomic E-state index is 11.4. The van der Waals surface area contributed by atoms with Gasteiger partial charge in [0.1, 0.15) is 0 Å². The van der Waals surface area contributed by atoms with E-state index < -0.39 is 0 Å². The summed E-state index contributed by atoms with van der Waals surface area (Å²) in [5.41, 5.74) is 0. The third-order valence-electron chi connectivity index (χ3n) is 2.95. The van der Waals surface area contributed by atoms with Crippen LogP contribution in [0.25, 0.3) is 0 Å². The lowest BCUT2D eigenvalue weighted by molar-refractivity contribution is -0.143. The van der Waals surface area contributed by atoms with Gasteiger partial charge in [-0.15, -0.1) is 0 Å². The molecule has 0 saturated carbocycles. The molecule has 0 fully saturated rings. The molecule has 0 amide bonds. The zero-order valence-corrected chi connectivity index (χ0v) is 13.9. The number of carbonyl (C=O) groups excluding carboxylic acids is 1. The molecule has 19 heavy (non-hydrogen) atoms. The van der Waals surface area contributed by atoms with Gasteiger partial charge >= 0.3 is 5.97 Å². The fourth-order valence-corrected chi connectivity index (χ4v) is 2.16. The molecule has 0 N–H and O–H groups in total. The van der Waals surface area contributed by atoms with Gasteiger partial charge in [-0.3, -0.25) is 4.79 Å². The molecule has 0 unspecified atom stereocenters. The summed E-state index contributed by atoms with van der Waals surface area (Å²) in [6.45, 7) is 2.72. The highest BCUT2D eigenvalue weighted by atomic mass is 79.9. The van der Waals surface area contributed by atoms with Crippen LogP contribution < -0.4 is 0 Å². The van der Waals surface area contributed by atoms with Crippen LogP contribution in [0.2, 0.25) is 0 Å². The molecule has 0 radical (unpaired) electrons. The number of alkyl halides is 1. The molecule has 0 rings (SSSR count). The normalized spacial score (nSPS) is 11.1. The van der Waals surface area contributed by atoms with E-state index in [1.165, 1.54) is 32.1 Å². The first-order valence-electron chi connectivity index (χ1n) is 7.67. The summed E-state index contributed by atoms with van der Waals surface area (Å²) in [5, 5.41) is 1.08. The topological polar surface area (TPSA) is 26.3 Å². The number of hydrogen-bond donors (Lipinski definition) is 0. The van der Waals surface area contributed by atoms with E-state index in [1.54, 1.807) is 0 Å². The van der Waals surface area contributed by atoms with E-state index in [1.807, 2.05) is 0 Å². The zero-order valence-electron chi connectivity index (χ0n) is 12.3. The standard InChI is InChI=1S/C16H29BrO2/c1-2-3-4-5-9-12-15-19-16(18)13-10-7-6-8-11-14-17/h5,9H,2-4,6-8,10-15H2,1H3. The summed E-state index contributed by atoms with van der Waals surface area (Å²) >= 11 is 3.42. The summed E-state index contributed by atoms with van der Waals surface area (Å²) in [4.78, 5) is 11.4. The monoisotopic (exact) mass is 332 g/mol. The van der Waals surface area contributed by atoms with E-state index in [9.17, 15) is 4.79 Å². The number of halogens is 1. The quantitative estimate of drug-likeness (QED) is 0.195.